The molecule has 0 saturated heterocycles. The Morgan fingerprint density at radius 3 is 2.68 bits per heavy atom. The highest BCUT2D eigenvalue weighted by molar-refractivity contribution is 6.38. The summed E-state index contributed by atoms with van der Waals surface area (Å²) in [4.78, 5) is 58.6. The predicted molar refractivity (Wildman–Crippen MR) is 122 cm³/mol. The van der Waals surface area contributed by atoms with Crippen LogP contribution in [0.15, 0.2) is 42.9 Å². The van der Waals surface area contributed by atoms with E-state index in [1.165, 1.54) is 6.33 Å². The molecule has 0 saturated carbocycles. The van der Waals surface area contributed by atoms with Crippen molar-refractivity contribution in [3.8, 4) is 0 Å². The van der Waals surface area contributed by atoms with Gasteiger partial charge in [-0.1, -0.05) is 44.2 Å². The fraction of sp³-hybridized carbons (Fsp3) is 0.417. The summed E-state index contributed by atoms with van der Waals surface area (Å²) in [6.45, 7) is 3.83. The Balaban J connectivity index is 1.66. The first-order chi connectivity index (χ1) is 16.3. The number of benzene rings is 1. The van der Waals surface area contributed by atoms with Crippen LogP contribution in [0, 0.1) is 5.92 Å². The fourth-order valence-electron chi connectivity index (χ4n) is 3.61. The number of ether oxygens (including phenoxy) is 1. The number of alkyl carbamates (subject to hydrolysis) is 1. The zero-order chi connectivity index (χ0) is 24.5. The smallest absolute Gasteiger partial charge is 0.408 e. The van der Waals surface area contributed by atoms with Gasteiger partial charge in [-0.2, -0.15) is 0 Å². The van der Waals surface area contributed by atoms with Crippen LogP contribution in [0.4, 0.5) is 4.79 Å². The van der Waals surface area contributed by atoms with Crippen LogP contribution >= 0.6 is 0 Å². The predicted octanol–water partition coefficient (Wildman–Crippen LogP) is 1.09. The number of carbonyl (C=O) groups excluding carboxylic acids is 4. The van der Waals surface area contributed by atoms with Gasteiger partial charge in [-0.25, -0.2) is 14.8 Å². The van der Waals surface area contributed by atoms with Crippen LogP contribution in [0.5, 0.6) is 0 Å². The molecule has 3 amide bonds. The monoisotopic (exact) mass is 467 g/mol. The quantitative estimate of drug-likeness (QED) is 0.540. The number of rotatable bonds is 6. The van der Waals surface area contributed by atoms with E-state index >= 15 is 0 Å². The van der Waals surface area contributed by atoms with Crippen molar-refractivity contribution in [3.63, 3.8) is 0 Å². The van der Waals surface area contributed by atoms with E-state index in [2.05, 4.69) is 25.9 Å². The summed E-state index contributed by atoms with van der Waals surface area (Å²) in [5.41, 5.74) is 2.46. The lowest BCUT2D eigenvalue weighted by atomic mass is 9.98. The second kappa shape index (κ2) is 11.9. The molecule has 2 heterocycles. The first-order valence-corrected chi connectivity index (χ1v) is 11.2. The number of aryl methyl sites for hydroxylation is 1. The Morgan fingerprint density at radius 2 is 1.94 bits per heavy atom. The molecule has 2 atom stereocenters. The average molecular weight is 468 g/mol. The third-order valence-corrected chi connectivity index (χ3v) is 5.52. The summed E-state index contributed by atoms with van der Waals surface area (Å²) in [5, 5.41) is 7.78. The average Bonchev–Trinajstić information content (AvgIpc) is 2.83. The van der Waals surface area contributed by atoms with E-state index in [0.717, 1.165) is 16.8 Å². The highest BCUT2D eigenvalue weighted by atomic mass is 16.5. The normalized spacial score (nSPS) is 17.2. The van der Waals surface area contributed by atoms with Crippen molar-refractivity contribution in [2.75, 3.05) is 6.54 Å². The maximum Gasteiger partial charge on any atom is 0.408 e. The Hall–Kier alpha value is -3.82. The van der Waals surface area contributed by atoms with Crippen molar-refractivity contribution in [1.82, 2.24) is 25.9 Å². The second-order valence-electron chi connectivity index (χ2n) is 8.39. The number of aromatic nitrogens is 2. The number of hydrogen-bond donors (Lipinski definition) is 3. The number of ketones is 1. The van der Waals surface area contributed by atoms with Gasteiger partial charge in [-0.15, -0.1) is 0 Å². The van der Waals surface area contributed by atoms with Gasteiger partial charge in [0.1, 0.15) is 19.0 Å². The molecule has 180 valence electrons. The largest absolute Gasteiger partial charge is 0.445 e. The van der Waals surface area contributed by atoms with Crippen molar-refractivity contribution >= 4 is 23.7 Å². The Labute approximate surface area is 197 Å². The molecule has 1 aliphatic heterocycles. The summed E-state index contributed by atoms with van der Waals surface area (Å²) >= 11 is 0. The van der Waals surface area contributed by atoms with E-state index in [0.29, 0.717) is 12.8 Å². The number of nitrogens with zero attached hydrogens (tertiary/aromatic N) is 2. The maximum absolute atomic E-state index is 13.0. The number of fused-ring (bicyclic) bond motifs is 1. The molecule has 2 aromatic rings. The lowest BCUT2D eigenvalue weighted by molar-refractivity contribution is -0.140. The summed E-state index contributed by atoms with van der Waals surface area (Å²) in [5.74, 6) is -2.36. The third-order valence-electron chi connectivity index (χ3n) is 5.52. The maximum atomic E-state index is 13.0. The van der Waals surface area contributed by atoms with Gasteiger partial charge >= 0.3 is 6.09 Å². The SMILES string of the molecule is CC(C)C(NC(=O)OCc1ccccc1)C(=O)NC1CCc2cncnc2CCNC(=O)C1=O. The van der Waals surface area contributed by atoms with Crippen LogP contribution in [0.3, 0.4) is 0 Å². The second-order valence-corrected chi connectivity index (χ2v) is 8.39. The summed E-state index contributed by atoms with van der Waals surface area (Å²) in [6, 6.07) is 7.15. The van der Waals surface area contributed by atoms with E-state index in [4.69, 9.17) is 4.74 Å². The van der Waals surface area contributed by atoms with Crippen molar-refractivity contribution < 1.29 is 23.9 Å². The molecular formula is C24H29N5O5. The molecule has 10 nitrogen and oxygen atoms in total. The summed E-state index contributed by atoms with van der Waals surface area (Å²) < 4.78 is 5.22. The van der Waals surface area contributed by atoms with Gasteiger partial charge < -0.3 is 20.7 Å². The van der Waals surface area contributed by atoms with Crippen LogP contribution in [0.1, 0.15) is 37.1 Å². The molecule has 0 bridgehead atoms. The molecule has 1 aromatic heterocycles. The third kappa shape index (κ3) is 6.84. The van der Waals surface area contributed by atoms with Gasteiger partial charge in [0.25, 0.3) is 5.91 Å². The van der Waals surface area contributed by atoms with Gasteiger partial charge in [0.2, 0.25) is 11.7 Å². The van der Waals surface area contributed by atoms with Crippen LogP contribution < -0.4 is 16.0 Å². The first kappa shape index (κ1) is 24.8. The number of hydrogen-bond acceptors (Lipinski definition) is 7. The molecular weight excluding hydrogens is 438 g/mol. The molecule has 3 N–H and O–H groups in total. The molecule has 2 unspecified atom stereocenters. The van der Waals surface area contributed by atoms with Gasteiger partial charge in [-0.3, -0.25) is 14.4 Å². The highest BCUT2D eigenvalue weighted by Gasteiger charge is 2.32. The molecule has 10 heteroatoms. The number of carbonyl (C=O) groups is 4. The zero-order valence-corrected chi connectivity index (χ0v) is 19.2. The highest BCUT2D eigenvalue weighted by Crippen LogP contribution is 2.12. The molecule has 0 spiro atoms. The summed E-state index contributed by atoms with van der Waals surface area (Å²) in [6.07, 6.45) is 3.46. The van der Waals surface area contributed by atoms with Crippen LogP contribution in [-0.2, 0) is 38.6 Å². The van der Waals surface area contributed by atoms with E-state index in [1.54, 1.807) is 20.0 Å². The minimum atomic E-state index is -1.05. The van der Waals surface area contributed by atoms with Gasteiger partial charge in [-0.05, 0) is 29.9 Å². The van der Waals surface area contributed by atoms with Crippen molar-refractivity contribution in [3.05, 3.63) is 59.7 Å². The van der Waals surface area contributed by atoms with Crippen molar-refractivity contribution in [2.45, 2.75) is 51.8 Å². The minimum absolute atomic E-state index is 0.0574. The van der Waals surface area contributed by atoms with Crippen LogP contribution in [0.25, 0.3) is 0 Å². The molecule has 0 aliphatic carbocycles. The molecule has 1 aromatic carbocycles. The van der Waals surface area contributed by atoms with Crippen molar-refractivity contribution in [2.24, 2.45) is 5.92 Å². The summed E-state index contributed by atoms with van der Waals surface area (Å²) in [7, 11) is 0. The lowest BCUT2D eigenvalue weighted by Crippen LogP contribution is -2.55. The fourth-order valence-corrected chi connectivity index (χ4v) is 3.61. The molecule has 34 heavy (non-hydrogen) atoms. The molecule has 0 radical (unpaired) electrons. The Kier molecular flexibility index (Phi) is 8.66. The Morgan fingerprint density at radius 1 is 1.18 bits per heavy atom. The molecule has 3 rings (SSSR count). The first-order valence-electron chi connectivity index (χ1n) is 11.2. The zero-order valence-electron chi connectivity index (χ0n) is 19.2. The topological polar surface area (TPSA) is 139 Å². The minimum Gasteiger partial charge on any atom is -0.445 e. The number of nitrogens with one attached hydrogen (secondary N) is 3. The van der Waals surface area contributed by atoms with Crippen LogP contribution in [-0.4, -0.2) is 52.3 Å². The molecule has 1 aliphatic rings. The number of Topliss-reactive ketones (excluding diaryl/α,β-unsaturated/α-hetero) is 1. The van der Waals surface area contributed by atoms with Crippen LogP contribution in [0.2, 0.25) is 0 Å². The number of amides is 3. The van der Waals surface area contributed by atoms with E-state index in [-0.39, 0.29) is 25.5 Å². The van der Waals surface area contributed by atoms with Gasteiger partial charge in [0.05, 0.1) is 6.04 Å². The molecule has 0 fully saturated rings. The Bertz CT molecular complexity index is 1030. The van der Waals surface area contributed by atoms with Gasteiger partial charge in [0.15, 0.2) is 0 Å². The van der Waals surface area contributed by atoms with E-state index < -0.39 is 35.8 Å². The lowest BCUT2D eigenvalue weighted by Gasteiger charge is -2.25. The van der Waals surface area contributed by atoms with Gasteiger partial charge in [0, 0.05) is 24.9 Å². The van der Waals surface area contributed by atoms with E-state index in [1.807, 2.05) is 30.3 Å². The standard InChI is InChI=1S/C24H29N5O5/c1-15(2)20(29-24(33)34-13-16-6-4-3-5-7-16)22(31)28-19-9-8-17-12-25-14-27-18(17)10-11-26-23(32)21(19)30/h3-7,12,14-15,19-20H,8-11,13H2,1-2H3,(H,26,32)(H,28,31)(H,29,33). The van der Waals surface area contributed by atoms with E-state index in [9.17, 15) is 19.2 Å². The van der Waals surface area contributed by atoms with Crippen molar-refractivity contribution in [1.29, 1.82) is 0 Å².